The number of benzene rings is 1. The maximum absolute atomic E-state index is 13.6. The third-order valence-electron chi connectivity index (χ3n) is 4.94. The van der Waals surface area contributed by atoms with E-state index < -0.39 is 33.1 Å². The second kappa shape index (κ2) is 8.15. The van der Waals surface area contributed by atoms with Crippen LogP contribution in [0.4, 0.5) is 24.8 Å². The number of aromatic nitrogens is 2. The largest absolute Gasteiger partial charge is 0.418 e. The minimum Gasteiger partial charge on any atom is -0.386 e. The molecule has 174 valence electrons. The first kappa shape index (κ1) is 23.3. The molecule has 0 saturated carbocycles. The number of β-amino-alcohol motifs (C(OH)–C–C–N with tert-alkyl or cyclic N) is 1. The van der Waals surface area contributed by atoms with Crippen molar-refractivity contribution in [2.45, 2.75) is 23.7 Å². The lowest BCUT2D eigenvalue weighted by molar-refractivity contribution is -0.137. The van der Waals surface area contributed by atoms with Crippen molar-refractivity contribution in [2.75, 3.05) is 22.7 Å². The van der Waals surface area contributed by atoms with Crippen molar-refractivity contribution in [3.63, 3.8) is 0 Å². The van der Waals surface area contributed by atoms with Crippen LogP contribution in [0, 0.1) is 0 Å². The van der Waals surface area contributed by atoms with Crippen molar-refractivity contribution < 1.29 is 26.7 Å². The third-order valence-corrected chi connectivity index (χ3v) is 6.53. The van der Waals surface area contributed by atoms with Crippen LogP contribution in [0.25, 0.3) is 11.3 Å². The number of sulfonamides is 1. The molecule has 4 rings (SSSR count). The van der Waals surface area contributed by atoms with Crippen molar-refractivity contribution in [1.82, 2.24) is 9.97 Å². The molecule has 0 aliphatic carbocycles. The monoisotopic (exact) mass is 498 g/mol. The third kappa shape index (κ3) is 4.90. The number of anilines is 2. The van der Waals surface area contributed by atoms with Crippen LogP contribution in [0.5, 0.6) is 0 Å². The number of hydrogen-bond acceptors (Lipinski definition) is 6. The number of alkyl halides is 3. The van der Waals surface area contributed by atoms with Gasteiger partial charge in [-0.3, -0.25) is 4.72 Å². The first-order chi connectivity index (χ1) is 15.4. The molecule has 1 aliphatic heterocycles. The van der Waals surface area contributed by atoms with Gasteiger partial charge in [-0.1, -0.05) is 35.9 Å². The summed E-state index contributed by atoms with van der Waals surface area (Å²) in [4.78, 5) is 9.73. The molecule has 2 aromatic heterocycles. The van der Waals surface area contributed by atoms with E-state index in [0.29, 0.717) is 18.9 Å². The highest BCUT2D eigenvalue weighted by Gasteiger charge is 2.38. The highest BCUT2D eigenvalue weighted by molar-refractivity contribution is 7.92. The molecule has 33 heavy (non-hydrogen) atoms. The van der Waals surface area contributed by atoms with Gasteiger partial charge in [0.1, 0.15) is 11.6 Å². The summed E-state index contributed by atoms with van der Waals surface area (Å²) in [5, 5.41) is 9.59. The molecule has 7 nitrogen and oxygen atoms in total. The molecule has 12 heteroatoms. The van der Waals surface area contributed by atoms with Gasteiger partial charge in [0.25, 0.3) is 10.0 Å². The van der Waals surface area contributed by atoms with Gasteiger partial charge >= 0.3 is 6.18 Å². The topological polar surface area (TPSA) is 95.4 Å². The summed E-state index contributed by atoms with van der Waals surface area (Å²) in [6.07, 6.45) is -4.73. The number of halogens is 4. The Balaban J connectivity index is 1.68. The Morgan fingerprint density at radius 3 is 2.39 bits per heavy atom. The minimum atomic E-state index is -4.73. The SMILES string of the molecule is CC1(O)CN(c2cccc(S(=O)(=O)Nc3ccc(C(F)(F)F)c(-c4ccccc4Cl)n3)n2)C1. The lowest BCUT2D eigenvalue weighted by atomic mass is 9.97. The molecule has 0 atom stereocenters. The number of hydrogen-bond donors (Lipinski definition) is 2. The quantitative estimate of drug-likeness (QED) is 0.548. The Morgan fingerprint density at radius 1 is 1.06 bits per heavy atom. The van der Waals surface area contributed by atoms with E-state index >= 15 is 0 Å². The Bertz CT molecular complexity index is 1310. The molecule has 3 aromatic rings. The molecule has 0 radical (unpaired) electrons. The van der Waals surface area contributed by atoms with Gasteiger partial charge in [-0.15, -0.1) is 0 Å². The molecule has 0 bridgehead atoms. The standard InChI is InChI=1S/C21H18ClF3N4O3S/c1-20(30)11-29(12-20)17-7-4-8-18(27-17)33(31,32)28-16-10-9-14(21(23,24)25)19(26-16)13-5-2-3-6-15(13)22/h2-10,30H,11-12H2,1H3,(H,26,28). The minimum absolute atomic E-state index is 0.0116. The molecule has 1 saturated heterocycles. The summed E-state index contributed by atoms with van der Waals surface area (Å²) in [6, 6.07) is 11.8. The van der Waals surface area contributed by atoms with Gasteiger partial charge in [0.05, 0.1) is 16.9 Å². The van der Waals surface area contributed by atoms with Crippen LogP contribution < -0.4 is 9.62 Å². The van der Waals surface area contributed by atoms with Gasteiger partial charge in [0, 0.05) is 23.7 Å². The van der Waals surface area contributed by atoms with Crippen LogP contribution in [0.1, 0.15) is 12.5 Å². The Kier molecular flexibility index (Phi) is 5.75. The molecule has 0 amide bonds. The molecule has 1 aromatic carbocycles. The van der Waals surface area contributed by atoms with E-state index in [1.54, 1.807) is 24.0 Å². The smallest absolute Gasteiger partial charge is 0.386 e. The molecule has 1 fully saturated rings. The first-order valence-electron chi connectivity index (χ1n) is 9.66. The molecular formula is C21H18ClF3N4O3S. The Labute approximate surface area is 192 Å². The van der Waals surface area contributed by atoms with Crippen LogP contribution in [0.2, 0.25) is 5.02 Å². The van der Waals surface area contributed by atoms with Crippen LogP contribution >= 0.6 is 11.6 Å². The molecule has 2 N–H and O–H groups in total. The number of nitrogens with one attached hydrogen (secondary N) is 1. The highest BCUT2D eigenvalue weighted by Crippen LogP contribution is 2.39. The van der Waals surface area contributed by atoms with Crippen molar-refractivity contribution >= 4 is 33.3 Å². The van der Waals surface area contributed by atoms with E-state index in [4.69, 9.17) is 11.6 Å². The van der Waals surface area contributed by atoms with Crippen LogP contribution in [-0.2, 0) is 16.2 Å². The van der Waals surface area contributed by atoms with Crippen molar-refractivity contribution in [2.24, 2.45) is 0 Å². The first-order valence-corrected chi connectivity index (χ1v) is 11.5. The molecule has 0 spiro atoms. The second-order valence-electron chi connectivity index (χ2n) is 7.86. The summed E-state index contributed by atoms with van der Waals surface area (Å²) < 4.78 is 68.6. The van der Waals surface area contributed by atoms with Gasteiger partial charge in [0.15, 0.2) is 5.03 Å². The predicted octanol–water partition coefficient (Wildman–Crippen LogP) is 4.19. The average Bonchev–Trinajstić information content (AvgIpc) is 2.71. The summed E-state index contributed by atoms with van der Waals surface area (Å²) in [7, 11) is -4.27. The zero-order chi connectivity index (χ0) is 24.0. The number of pyridine rings is 2. The Hall–Kier alpha value is -2.89. The lowest BCUT2D eigenvalue weighted by Gasteiger charge is -2.44. The number of nitrogens with zero attached hydrogens (tertiary/aromatic N) is 3. The lowest BCUT2D eigenvalue weighted by Crippen LogP contribution is -2.60. The zero-order valence-electron chi connectivity index (χ0n) is 17.1. The summed E-state index contributed by atoms with van der Waals surface area (Å²) >= 11 is 6.07. The summed E-state index contributed by atoms with van der Waals surface area (Å²) in [6.45, 7) is 2.23. The maximum atomic E-state index is 13.6. The van der Waals surface area contributed by atoms with E-state index in [0.717, 1.165) is 12.1 Å². The molecular weight excluding hydrogens is 481 g/mol. The van der Waals surface area contributed by atoms with E-state index in [-0.39, 0.29) is 21.4 Å². The van der Waals surface area contributed by atoms with E-state index in [1.807, 2.05) is 0 Å². The maximum Gasteiger partial charge on any atom is 0.418 e. The van der Waals surface area contributed by atoms with Gasteiger partial charge in [0.2, 0.25) is 0 Å². The molecule has 1 aliphatic rings. The fourth-order valence-electron chi connectivity index (χ4n) is 3.46. The summed E-state index contributed by atoms with van der Waals surface area (Å²) in [5.74, 6) is 0.0264. The van der Waals surface area contributed by atoms with E-state index in [1.165, 1.54) is 30.3 Å². The van der Waals surface area contributed by atoms with Crippen LogP contribution in [0.3, 0.4) is 0 Å². The van der Waals surface area contributed by atoms with Gasteiger partial charge in [-0.25, -0.2) is 9.97 Å². The number of rotatable bonds is 5. The van der Waals surface area contributed by atoms with E-state index in [2.05, 4.69) is 14.7 Å². The molecule has 3 heterocycles. The highest BCUT2D eigenvalue weighted by atomic mass is 35.5. The van der Waals surface area contributed by atoms with Gasteiger partial charge in [-0.2, -0.15) is 21.6 Å². The van der Waals surface area contributed by atoms with Crippen molar-refractivity contribution in [3.05, 3.63) is 65.2 Å². The van der Waals surface area contributed by atoms with Crippen molar-refractivity contribution in [3.8, 4) is 11.3 Å². The number of aliphatic hydroxyl groups is 1. The summed E-state index contributed by atoms with van der Waals surface area (Å²) in [5.41, 5.74) is -2.42. The Morgan fingerprint density at radius 2 is 1.76 bits per heavy atom. The fourth-order valence-corrected chi connectivity index (χ4v) is 4.65. The van der Waals surface area contributed by atoms with Crippen LogP contribution in [-0.4, -0.2) is 42.2 Å². The average molecular weight is 499 g/mol. The van der Waals surface area contributed by atoms with E-state index in [9.17, 15) is 26.7 Å². The zero-order valence-corrected chi connectivity index (χ0v) is 18.7. The van der Waals surface area contributed by atoms with Gasteiger partial charge in [-0.05, 0) is 37.3 Å². The van der Waals surface area contributed by atoms with Crippen LogP contribution in [0.15, 0.2) is 59.6 Å². The van der Waals surface area contributed by atoms with Crippen molar-refractivity contribution in [1.29, 1.82) is 0 Å². The fraction of sp³-hybridized carbons (Fsp3) is 0.238. The predicted molar refractivity (Wildman–Crippen MR) is 118 cm³/mol. The second-order valence-corrected chi connectivity index (χ2v) is 9.90. The van der Waals surface area contributed by atoms with Gasteiger partial charge < -0.3 is 10.0 Å². The normalized spacial score (nSPS) is 15.8. The molecule has 0 unspecified atom stereocenters.